The zero-order valence-electron chi connectivity index (χ0n) is 12.6. The molecule has 0 aliphatic rings. The number of nitrogens with one attached hydrogen (secondary N) is 1. The van der Waals surface area contributed by atoms with Gasteiger partial charge in [0, 0.05) is 16.3 Å². The first-order chi connectivity index (χ1) is 11.5. The number of halogens is 2. The van der Waals surface area contributed by atoms with Gasteiger partial charge in [0.15, 0.2) is 18.1 Å². The largest absolute Gasteiger partial charge is 0.493 e. The number of ether oxygens (including phenoxy) is 2. The van der Waals surface area contributed by atoms with Gasteiger partial charge in [-0.2, -0.15) is 0 Å². The van der Waals surface area contributed by atoms with Crippen molar-refractivity contribution in [1.29, 1.82) is 0 Å². The average molecular weight is 414 g/mol. The molecule has 0 aliphatic heterocycles. The minimum Gasteiger partial charge on any atom is -0.493 e. The van der Waals surface area contributed by atoms with Crippen LogP contribution in [0.3, 0.4) is 0 Å². The van der Waals surface area contributed by atoms with Crippen LogP contribution >= 0.6 is 27.5 Å². The molecule has 2 aromatic rings. The van der Waals surface area contributed by atoms with E-state index in [9.17, 15) is 4.79 Å². The van der Waals surface area contributed by atoms with E-state index in [-0.39, 0.29) is 12.5 Å². The van der Waals surface area contributed by atoms with Crippen LogP contribution in [0.5, 0.6) is 11.5 Å². The van der Waals surface area contributed by atoms with Crippen molar-refractivity contribution in [3.05, 3.63) is 51.5 Å². The van der Waals surface area contributed by atoms with Gasteiger partial charge in [0.2, 0.25) is 0 Å². The van der Waals surface area contributed by atoms with E-state index in [1.54, 1.807) is 36.4 Å². The molecular formula is C16H14BrClN2O4. The van der Waals surface area contributed by atoms with E-state index in [1.807, 2.05) is 0 Å². The van der Waals surface area contributed by atoms with Crippen LogP contribution in [0.1, 0.15) is 5.56 Å². The summed E-state index contributed by atoms with van der Waals surface area (Å²) in [5, 5.41) is 14.8. The predicted molar refractivity (Wildman–Crippen MR) is 95.7 cm³/mol. The molecule has 0 heterocycles. The molecule has 0 fully saturated rings. The maximum Gasteiger partial charge on any atom is 0.262 e. The molecule has 0 bridgehead atoms. The fourth-order valence-corrected chi connectivity index (χ4v) is 2.59. The number of amides is 1. The summed E-state index contributed by atoms with van der Waals surface area (Å²) in [5.41, 5.74) is 1.23. The van der Waals surface area contributed by atoms with E-state index in [4.69, 9.17) is 26.3 Å². The number of carbonyl (C=O) groups is 1. The van der Waals surface area contributed by atoms with E-state index < -0.39 is 0 Å². The van der Waals surface area contributed by atoms with Crippen LogP contribution in [0.4, 0.5) is 5.69 Å². The summed E-state index contributed by atoms with van der Waals surface area (Å²) in [6, 6.07) is 10.0. The number of nitrogens with zero attached hydrogens (tertiary/aromatic N) is 1. The van der Waals surface area contributed by atoms with E-state index in [0.717, 1.165) is 0 Å². The van der Waals surface area contributed by atoms with Crippen molar-refractivity contribution < 1.29 is 19.5 Å². The van der Waals surface area contributed by atoms with Gasteiger partial charge in [0.05, 0.1) is 17.8 Å². The van der Waals surface area contributed by atoms with Gasteiger partial charge in [-0.1, -0.05) is 16.8 Å². The molecule has 1 amide bonds. The van der Waals surface area contributed by atoms with Gasteiger partial charge in [0.25, 0.3) is 5.91 Å². The molecule has 0 aliphatic carbocycles. The zero-order chi connectivity index (χ0) is 17.5. The number of anilines is 1. The Morgan fingerprint density at radius 1 is 1.38 bits per heavy atom. The fourth-order valence-electron chi connectivity index (χ4n) is 1.89. The Labute approximate surface area is 152 Å². The molecule has 2 rings (SSSR count). The molecule has 0 radical (unpaired) electrons. The van der Waals surface area contributed by atoms with Crippen LogP contribution in [0.15, 0.2) is 46.0 Å². The van der Waals surface area contributed by atoms with Crippen LogP contribution < -0.4 is 14.8 Å². The minimum atomic E-state index is -0.327. The third-order valence-corrected chi connectivity index (χ3v) is 3.78. The van der Waals surface area contributed by atoms with Crippen LogP contribution in [0, 0.1) is 0 Å². The molecular weight excluding hydrogens is 400 g/mol. The van der Waals surface area contributed by atoms with E-state index in [0.29, 0.717) is 32.2 Å². The highest BCUT2D eigenvalue weighted by atomic mass is 79.9. The van der Waals surface area contributed by atoms with E-state index in [1.165, 1.54) is 13.3 Å². The third kappa shape index (κ3) is 4.87. The second-order valence-electron chi connectivity index (χ2n) is 4.62. The summed E-state index contributed by atoms with van der Waals surface area (Å²) in [4.78, 5) is 12.0. The van der Waals surface area contributed by atoms with Gasteiger partial charge in [-0.25, -0.2) is 0 Å². The molecule has 24 heavy (non-hydrogen) atoms. The van der Waals surface area contributed by atoms with Crippen molar-refractivity contribution in [2.75, 3.05) is 19.0 Å². The summed E-state index contributed by atoms with van der Waals surface area (Å²) in [6.45, 7) is -0.203. The number of carbonyl (C=O) groups excluding carboxylic acids is 1. The highest BCUT2D eigenvalue weighted by Gasteiger charge is 2.13. The standard InChI is InChI=1S/C16H14BrClN2O4/c1-23-14-7-10(8-19-22)6-13(17)16(14)24-9-15(21)20-12-4-2-11(18)3-5-12/h2-8,22H,9H2,1H3,(H,20,21)/b19-8-. The first-order valence-corrected chi connectivity index (χ1v) is 7.93. The van der Waals surface area contributed by atoms with Gasteiger partial charge in [-0.15, -0.1) is 0 Å². The lowest BCUT2D eigenvalue weighted by Gasteiger charge is -2.13. The smallest absolute Gasteiger partial charge is 0.262 e. The molecule has 0 atom stereocenters. The molecule has 8 heteroatoms. The summed E-state index contributed by atoms with van der Waals surface area (Å²) >= 11 is 9.13. The summed E-state index contributed by atoms with van der Waals surface area (Å²) in [7, 11) is 1.47. The molecule has 0 spiro atoms. The van der Waals surface area contributed by atoms with Crippen molar-refractivity contribution >= 4 is 45.3 Å². The number of hydrogen-bond donors (Lipinski definition) is 2. The predicted octanol–water partition coefficient (Wildman–Crippen LogP) is 3.94. The number of benzene rings is 2. The molecule has 126 valence electrons. The van der Waals surface area contributed by atoms with Gasteiger partial charge in [-0.05, 0) is 52.3 Å². The highest BCUT2D eigenvalue weighted by Crippen LogP contribution is 2.36. The Hall–Kier alpha value is -2.25. The fraction of sp³-hybridized carbons (Fsp3) is 0.125. The summed E-state index contributed by atoms with van der Waals surface area (Å²) in [5.74, 6) is 0.449. The Bertz CT molecular complexity index is 750. The Kier molecular flexibility index (Phi) is 6.45. The van der Waals surface area contributed by atoms with Crippen LogP contribution in [0.25, 0.3) is 0 Å². The molecule has 0 unspecified atom stereocenters. The third-order valence-electron chi connectivity index (χ3n) is 2.93. The van der Waals surface area contributed by atoms with Crippen LogP contribution in [-0.4, -0.2) is 31.0 Å². The SMILES string of the molecule is COc1cc(/C=N\O)cc(Br)c1OCC(=O)Nc1ccc(Cl)cc1. The Morgan fingerprint density at radius 2 is 2.08 bits per heavy atom. The summed E-state index contributed by atoms with van der Waals surface area (Å²) < 4.78 is 11.3. The van der Waals surface area contributed by atoms with Crippen molar-refractivity contribution in [3.8, 4) is 11.5 Å². The molecule has 2 N–H and O–H groups in total. The van der Waals surface area contributed by atoms with Gasteiger partial charge >= 0.3 is 0 Å². The lowest BCUT2D eigenvalue weighted by Crippen LogP contribution is -2.20. The van der Waals surface area contributed by atoms with Crippen LogP contribution in [0.2, 0.25) is 5.02 Å². The zero-order valence-corrected chi connectivity index (χ0v) is 15.0. The quantitative estimate of drug-likeness (QED) is 0.427. The van der Waals surface area contributed by atoms with Crippen molar-refractivity contribution in [2.45, 2.75) is 0 Å². The Morgan fingerprint density at radius 3 is 2.71 bits per heavy atom. The summed E-state index contributed by atoms with van der Waals surface area (Å²) in [6.07, 6.45) is 1.25. The minimum absolute atomic E-state index is 0.203. The normalized spacial score (nSPS) is 10.6. The van der Waals surface area contributed by atoms with E-state index in [2.05, 4.69) is 26.4 Å². The molecule has 0 aromatic heterocycles. The molecule has 0 saturated carbocycles. The van der Waals surface area contributed by atoms with E-state index >= 15 is 0 Å². The lowest BCUT2D eigenvalue weighted by atomic mass is 10.2. The first-order valence-electron chi connectivity index (χ1n) is 6.76. The number of oxime groups is 1. The number of rotatable bonds is 6. The molecule has 2 aromatic carbocycles. The van der Waals surface area contributed by atoms with Crippen molar-refractivity contribution in [2.24, 2.45) is 5.16 Å². The topological polar surface area (TPSA) is 80.2 Å². The lowest BCUT2D eigenvalue weighted by molar-refractivity contribution is -0.118. The monoisotopic (exact) mass is 412 g/mol. The molecule has 0 saturated heterocycles. The average Bonchev–Trinajstić information content (AvgIpc) is 2.56. The van der Waals surface area contributed by atoms with Crippen molar-refractivity contribution in [3.63, 3.8) is 0 Å². The maximum atomic E-state index is 12.0. The second kappa shape index (κ2) is 8.56. The maximum absolute atomic E-state index is 12.0. The number of hydrogen-bond acceptors (Lipinski definition) is 5. The van der Waals surface area contributed by atoms with Gasteiger partial charge < -0.3 is 20.0 Å². The van der Waals surface area contributed by atoms with Gasteiger partial charge in [0.1, 0.15) is 0 Å². The molecule has 6 nitrogen and oxygen atoms in total. The Balaban J connectivity index is 2.05. The van der Waals surface area contributed by atoms with Gasteiger partial charge in [-0.3, -0.25) is 4.79 Å². The van der Waals surface area contributed by atoms with Crippen molar-refractivity contribution in [1.82, 2.24) is 0 Å². The van der Waals surface area contributed by atoms with Crippen LogP contribution in [-0.2, 0) is 4.79 Å². The first kappa shape index (κ1) is 18.1. The second-order valence-corrected chi connectivity index (χ2v) is 5.91. The number of methoxy groups -OCH3 is 1. The highest BCUT2D eigenvalue weighted by molar-refractivity contribution is 9.10.